The van der Waals surface area contributed by atoms with Crippen LogP contribution >= 0.6 is 15.9 Å². The smallest absolute Gasteiger partial charge is 0.317 e. The Hall–Kier alpha value is -1.08. The van der Waals surface area contributed by atoms with Gasteiger partial charge in [-0.2, -0.15) is 4.98 Å². The third-order valence-electron chi connectivity index (χ3n) is 1.41. The molecule has 0 radical (unpaired) electrons. The summed E-state index contributed by atoms with van der Waals surface area (Å²) in [5.41, 5.74) is 0.828. The quantitative estimate of drug-likeness (QED) is 0.742. The molecule has 1 heterocycles. The molecule has 4 heteroatoms. The third-order valence-corrected chi connectivity index (χ3v) is 2.19. The fraction of sp³-hybridized carbons (Fsp3) is 0.333. The monoisotopic (exact) mass is 240 g/mol. The molecule has 1 aromatic rings. The van der Waals surface area contributed by atoms with Gasteiger partial charge in [-0.05, 0) is 29.8 Å². The van der Waals surface area contributed by atoms with Crippen LogP contribution in [-0.4, -0.2) is 16.1 Å². The van der Waals surface area contributed by atoms with Gasteiger partial charge in [-0.15, -0.1) is 6.42 Å². The van der Waals surface area contributed by atoms with Crippen LogP contribution in [-0.2, 0) is 0 Å². The largest absolute Gasteiger partial charge is 0.447 e. The maximum atomic E-state index is 5.22. The van der Waals surface area contributed by atoms with E-state index >= 15 is 0 Å². The van der Waals surface area contributed by atoms with Gasteiger partial charge in [0.05, 0.1) is 10.2 Å². The lowest BCUT2D eigenvalue weighted by atomic mass is 10.4. The zero-order chi connectivity index (χ0) is 9.84. The van der Waals surface area contributed by atoms with Crippen molar-refractivity contribution in [3.8, 4) is 18.4 Å². The topological polar surface area (TPSA) is 35.0 Å². The van der Waals surface area contributed by atoms with Crippen LogP contribution in [0, 0.1) is 19.3 Å². The maximum Gasteiger partial charge on any atom is 0.317 e. The highest BCUT2D eigenvalue weighted by Gasteiger charge is 2.04. The van der Waals surface area contributed by atoms with E-state index < -0.39 is 0 Å². The third kappa shape index (κ3) is 2.71. The number of hydrogen-bond acceptors (Lipinski definition) is 3. The second-order valence-corrected chi connectivity index (χ2v) is 3.37. The minimum atomic E-state index is -0.305. The molecule has 0 saturated heterocycles. The molecule has 0 saturated carbocycles. The van der Waals surface area contributed by atoms with Gasteiger partial charge in [0.1, 0.15) is 0 Å². The van der Waals surface area contributed by atoms with Crippen LogP contribution in [0.1, 0.15) is 12.6 Å². The molecule has 0 aliphatic heterocycles. The van der Waals surface area contributed by atoms with Crippen molar-refractivity contribution in [2.45, 2.75) is 20.0 Å². The minimum absolute atomic E-state index is 0.305. The van der Waals surface area contributed by atoms with Gasteiger partial charge in [0, 0.05) is 6.20 Å². The molecule has 0 amide bonds. The Morgan fingerprint density at radius 1 is 1.69 bits per heavy atom. The van der Waals surface area contributed by atoms with Crippen LogP contribution < -0.4 is 4.74 Å². The molecule has 0 aliphatic carbocycles. The first kappa shape index (κ1) is 10.0. The van der Waals surface area contributed by atoms with Crippen LogP contribution in [0.3, 0.4) is 0 Å². The van der Waals surface area contributed by atoms with Crippen molar-refractivity contribution in [1.29, 1.82) is 0 Å². The lowest BCUT2D eigenvalue weighted by Gasteiger charge is -2.06. The summed E-state index contributed by atoms with van der Waals surface area (Å²) in [6.07, 6.45) is 6.48. The van der Waals surface area contributed by atoms with Gasteiger partial charge in [0.25, 0.3) is 0 Å². The standard InChI is InChI=1S/C9H9BrN2O/c1-4-6(2)13-9-11-5-8(10)7(3)12-9/h1,5-6H,2-3H3. The average Bonchev–Trinajstić information content (AvgIpc) is 2.11. The highest BCUT2D eigenvalue weighted by Crippen LogP contribution is 2.14. The highest BCUT2D eigenvalue weighted by molar-refractivity contribution is 9.10. The summed E-state index contributed by atoms with van der Waals surface area (Å²) in [7, 11) is 0. The van der Waals surface area contributed by atoms with E-state index in [2.05, 4.69) is 31.8 Å². The minimum Gasteiger partial charge on any atom is -0.447 e. The molecule has 0 N–H and O–H groups in total. The highest BCUT2D eigenvalue weighted by atomic mass is 79.9. The molecule has 1 unspecified atom stereocenters. The summed E-state index contributed by atoms with van der Waals surface area (Å²) in [5, 5.41) is 0. The first-order valence-corrected chi connectivity index (χ1v) is 4.54. The van der Waals surface area contributed by atoms with Crippen LogP contribution in [0.25, 0.3) is 0 Å². The second-order valence-electron chi connectivity index (χ2n) is 2.51. The fourth-order valence-electron chi connectivity index (χ4n) is 0.680. The number of rotatable bonds is 2. The van der Waals surface area contributed by atoms with E-state index in [0.717, 1.165) is 10.2 Å². The van der Waals surface area contributed by atoms with Crippen LogP contribution in [0.4, 0.5) is 0 Å². The van der Waals surface area contributed by atoms with E-state index in [0.29, 0.717) is 6.01 Å². The van der Waals surface area contributed by atoms with Gasteiger partial charge in [-0.3, -0.25) is 0 Å². The van der Waals surface area contributed by atoms with Gasteiger partial charge in [0.15, 0.2) is 6.10 Å². The predicted molar refractivity (Wildman–Crippen MR) is 53.4 cm³/mol. The van der Waals surface area contributed by atoms with Crippen molar-refractivity contribution >= 4 is 15.9 Å². The number of terminal acetylenes is 1. The van der Waals surface area contributed by atoms with Gasteiger partial charge in [-0.1, -0.05) is 5.92 Å². The molecule has 0 aromatic carbocycles. The lowest BCUT2D eigenvalue weighted by Crippen LogP contribution is -2.10. The van der Waals surface area contributed by atoms with Crippen molar-refractivity contribution in [2.24, 2.45) is 0 Å². The molecule has 1 aromatic heterocycles. The van der Waals surface area contributed by atoms with Crippen molar-refractivity contribution in [3.05, 3.63) is 16.4 Å². The second kappa shape index (κ2) is 4.24. The number of hydrogen-bond donors (Lipinski definition) is 0. The van der Waals surface area contributed by atoms with Gasteiger partial charge < -0.3 is 4.74 Å². The Morgan fingerprint density at radius 2 is 2.38 bits per heavy atom. The van der Waals surface area contributed by atoms with Crippen molar-refractivity contribution < 1.29 is 4.74 Å². The Labute approximate surface area is 85.7 Å². The van der Waals surface area contributed by atoms with Crippen molar-refractivity contribution in [2.75, 3.05) is 0 Å². The fourth-order valence-corrected chi connectivity index (χ4v) is 0.871. The molecular weight excluding hydrogens is 232 g/mol. The SMILES string of the molecule is C#CC(C)Oc1ncc(Br)c(C)n1. The summed E-state index contributed by atoms with van der Waals surface area (Å²) < 4.78 is 6.07. The molecule has 0 spiro atoms. The van der Waals surface area contributed by atoms with Crippen molar-refractivity contribution in [1.82, 2.24) is 9.97 Å². The van der Waals surface area contributed by atoms with Crippen LogP contribution in [0.15, 0.2) is 10.7 Å². The van der Waals surface area contributed by atoms with E-state index in [1.165, 1.54) is 0 Å². The number of aryl methyl sites for hydroxylation is 1. The Kier molecular flexibility index (Phi) is 3.26. The first-order valence-electron chi connectivity index (χ1n) is 3.75. The molecule has 0 fully saturated rings. The predicted octanol–water partition coefficient (Wildman–Crippen LogP) is 1.95. The van der Waals surface area contributed by atoms with Gasteiger partial charge in [-0.25, -0.2) is 4.98 Å². The summed E-state index contributed by atoms with van der Waals surface area (Å²) >= 11 is 3.29. The molecule has 1 rings (SSSR count). The molecule has 1 atom stereocenters. The van der Waals surface area contributed by atoms with E-state index in [-0.39, 0.29) is 6.10 Å². The van der Waals surface area contributed by atoms with Crippen molar-refractivity contribution in [3.63, 3.8) is 0 Å². The maximum absolute atomic E-state index is 5.22. The summed E-state index contributed by atoms with van der Waals surface area (Å²) in [5.74, 6) is 2.43. The molecule has 3 nitrogen and oxygen atoms in total. The molecule has 68 valence electrons. The number of nitrogens with zero attached hydrogens (tertiary/aromatic N) is 2. The summed E-state index contributed by atoms with van der Waals surface area (Å²) in [6, 6.07) is 0.311. The molecule has 0 bridgehead atoms. The summed E-state index contributed by atoms with van der Waals surface area (Å²) in [6.45, 7) is 3.62. The van der Waals surface area contributed by atoms with E-state index in [9.17, 15) is 0 Å². The zero-order valence-electron chi connectivity index (χ0n) is 7.41. The zero-order valence-corrected chi connectivity index (χ0v) is 9.00. The number of halogens is 1. The molecule has 13 heavy (non-hydrogen) atoms. The number of ether oxygens (including phenoxy) is 1. The Bertz CT molecular complexity index is 346. The number of aromatic nitrogens is 2. The summed E-state index contributed by atoms with van der Waals surface area (Å²) in [4.78, 5) is 8.04. The Balaban J connectivity index is 2.81. The Morgan fingerprint density at radius 3 is 2.92 bits per heavy atom. The van der Waals surface area contributed by atoms with Crippen LogP contribution in [0.2, 0.25) is 0 Å². The normalized spacial score (nSPS) is 11.8. The van der Waals surface area contributed by atoms with Gasteiger partial charge >= 0.3 is 6.01 Å². The van der Waals surface area contributed by atoms with E-state index in [1.807, 2.05) is 6.92 Å². The van der Waals surface area contributed by atoms with E-state index in [1.54, 1.807) is 13.1 Å². The van der Waals surface area contributed by atoms with Crippen LogP contribution in [0.5, 0.6) is 6.01 Å². The molecular formula is C9H9BrN2O. The average molecular weight is 241 g/mol. The molecule has 0 aliphatic rings. The lowest BCUT2D eigenvalue weighted by molar-refractivity contribution is 0.255. The van der Waals surface area contributed by atoms with Gasteiger partial charge in [0.2, 0.25) is 0 Å². The first-order chi connectivity index (χ1) is 6.13. The van der Waals surface area contributed by atoms with E-state index in [4.69, 9.17) is 11.2 Å².